The Balaban J connectivity index is 1.69. The van der Waals surface area contributed by atoms with Crippen molar-refractivity contribution in [3.05, 3.63) is 0 Å². The van der Waals surface area contributed by atoms with Crippen LogP contribution in [0.25, 0.3) is 0 Å². The molecule has 3 atom stereocenters. The lowest BCUT2D eigenvalue weighted by molar-refractivity contribution is 0.225. The maximum Gasteiger partial charge on any atom is 0.314 e. The summed E-state index contributed by atoms with van der Waals surface area (Å²) in [5, 5.41) is 5.80. The number of fused-ring (bicyclic) bond motifs is 2. The van der Waals surface area contributed by atoms with E-state index in [9.17, 15) is 4.79 Å². The number of carbonyl (C=O) groups is 1. The molecule has 0 aromatic heterocycles. The molecule has 0 aromatic rings. The van der Waals surface area contributed by atoms with Crippen molar-refractivity contribution in [3.63, 3.8) is 0 Å². The van der Waals surface area contributed by atoms with Crippen LogP contribution in [-0.4, -0.2) is 24.7 Å². The molecule has 0 aromatic carbocycles. The number of hydrogen-bond donors (Lipinski definition) is 3. The van der Waals surface area contributed by atoms with Gasteiger partial charge in [-0.05, 0) is 37.5 Å². The first kappa shape index (κ1) is 12.7. The average Bonchev–Trinajstić information content (AvgIpc) is 2.87. The zero-order chi connectivity index (χ0) is 12.3. The molecule has 4 N–H and O–H groups in total. The standard InChI is InChI=1S/C13H25N3O/c1-2-3-6-15-12(17)16-9-13(14)8-10-4-5-11(13)7-10/h10-11H,2-9,14H2,1H3,(H2,15,16,17). The summed E-state index contributed by atoms with van der Waals surface area (Å²) in [5.74, 6) is 1.44. The first-order valence-corrected chi connectivity index (χ1v) is 6.94. The molecule has 0 saturated heterocycles. The number of carbonyl (C=O) groups excluding carboxylic acids is 1. The molecule has 2 amide bonds. The first-order chi connectivity index (χ1) is 8.14. The number of nitrogens with one attached hydrogen (secondary N) is 2. The van der Waals surface area contributed by atoms with Gasteiger partial charge < -0.3 is 16.4 Å². The van der Waals surface area contributed by atoms with Crippen LogP contribution in [0.4, 0.5) is 4.79 Å². The maximum atomic E-state index is 11.5. The summed E-state index contributed by atoms with van der Waals surface area (Å²) in [5.41, 5.74) is 6.27. The Morgan fingerprint density at radius 3 is 2.82 bits per heavy atom. The molecule has 2 saturated carbocycles. The van der Waals surface area contributed by atoms with Gasteiger partial charge in [0.15, 0.2) is 0 Å². The third-order valence-electron chi connectivity index (χ3n) is 4.42. The van der Waals surface area contributed by atoms with E-state index in [2.05, 4.69) is 17.6 Å². The van der Waals surface area contributed by atoms with Gasteiger partial charge in [-0.15, -0.1) is 0 Å². The number of unbranched alkanes of at least 4 members (excludes halogenated alkanes) is 1. The van der Waals surface area contributed by atoms with Crippen molar-refractivity contribution in [2.45, 2.75) is 51.0 Å². The van der Waals surface area contributed by atoms with E-state index in [0.29, 0.717) is 12.5 Å². The Labute approximate surface area is 104 Å². The highest BCUT2D eigenvalue weighted by molar-refractivity contribution is 5.73. The average molecular weight is 239 g/mol. The van der Waals surface area contributed by atoms with Gasteiger partial charge in [0.2, 0.25) is 0 Å². The number of hydrogen-bond acceptors (Lipinski definition) is 2. The van der Waals surface area contributed by atoms with Crippen LogP contribution >= 0.6 is 0 Å². The Morgan fingerprint density at radius 2 is 2.24 bits per heavy atom. The molecule has 0 spiro atoms. The van der Waals surface area contributed by atoms with Crippen LogP contribution in [0.15, 0.2) is 0 Å². The molecule has 17 heavy (non-hydrogen) atoms. The van der Waals surface area contributed by atoms with Gasteiger partial charge in [-0.3, -0.25) is 0 Å². The number of amides is 2. The van der Waals surface area contributed by atoms with E-state index in [1.54, 1.807) is 0 Å². The van der Waals surface area contributed by atoms with Crippen molar-refractivity contribution < 1.29 is 4.79 Å². The third kappa shape index (κ3) is 2.92. The topological polar surface area (TPSA) is 67.2 Å². The van der Waals surface area contributed by atoms with Crippen LogP contribution in [0.1, 0.15) is 45.4 Å². The molecule has 2 bridgehead atoms. The van der Waals surface area contributed by atoms with E-state index >= 15 is 0 Å². The summed E-state index contributed by atoms with van der Waals surface area (Å²) in [4.78, 5) is 11.5. The summed E-state index contributed by atoms with van der Waals surface area (Å²) < 4.78 is 0. The zero-order valence-electron chi connectivity index (χ0n) is 10.8. The van der Waals surface area contributed by atoms with E-state index < -0.39 is 0 Å². The highest BCUT2D eigenvalue weighted by Crippen LogP contribution is 2.49. The molecular weight excluding hydrogens is 214 g/mol. The van der Waals surface area contributed by atoms with Gasteiger partial charge in [-0.2, -0.15) is 0 Å². The van der Waals surface area contributed by atoms with Crippen molar-refractivity contribution in [1.82, 2.24) is 10.6 Å². The predicted molar refractivity (Wildman–Crippen MR) is 68.7 cm³/mol. The van der Waals surface area contributed by atoms with Crippen molar-refractivity contribution in [3.8, 4) is 0 Å². The molecule has 2 aliphatic carbocycles. The van der Waals surface area contributed by atoms with Crippen molar-refractivity contribution >= 4 is 6.03 Å². The van der Waals surface area contributed by atoms with E-state index in [-0.39, 0.29) is 11.6 Å². The highest BCUT2D eigenvalue weighted by atomic mass is 16.2. The molecule has 4 nitrogen and oxygen atoms in total. The molecular formula is C13H25N3O. The second kappa shape index (κ2) is 5.25. The monoisotopic (exact) mass is 239 g/mol. The molecule has 0 radical (unpaired) electrons. The van der Waals surface area contributed by atoms with Crippen molar-refractivity contribution in [2.24, 2.45) is 17.6 Å². The van der Waals surface area contributed by atoms with E-state index in [0.717, 1.165) is 31.7 Å². The number of rotatable bonds is 5. The molecule has 2 rings (SSSR count). The summed E-state index contributed by atoms with van der Waals surface area (Å²) in [7, 11) is 0. The van der Waals surface area contributed by atoms with Gasteiger partial charge in [0.05, 0.1) is 0 Å². The smallest absolute Gasteiger partial charge is 0.314 e. The van der Waals surface area contributed by atoms with Crippen LogP contribution in [0.3, 0.4) is 0 Å². The molecule has 4 heteroatoms. The summed E-state index contributed by atoms with van der Waals surface area (Å²) in [6, 6.07) is -0.0638. The maximum absolute atomic E-state index is 11.5. The van der Waals surface area contributed by atoms with E-state index in [1.165, 1.54) is 19.3 Å². The fraction of sp³-hybridized carbons (Fsp3) is 0.923. The Hall–Kier alpha value is -0.770. The fourth-order valence-electron chi connectivity index (χ4n) is 3.39. The molecule has 3 unspecified atom stereocenters. The molecule has 98 valence electrons. The lowest BCUT2D eigenvalue weighted by Gasteiger charge is -2.33. The van der Waals surface area contributed by atoms with Crippen LogP contribution in [0.5, 0.6) is 0 Å². The van der Waals surface area contributed by atoms with E-state index in [1.807, 2.05) is 0 Å². The zero-order valence-corrected chi connectivity index (χ0v) is 10.8. The van der Waals surface area contributed by atoms with Gasteiger partial charge in [0.1, 0.15) is 0 Å². The lowest BCUT2D eigenvalue weighted by Crippen LogP contribution is -2.55. The quantitative estimate of drug-likeness (QED) is 0.638. The highest BCUT2D eigenvalue weighted by Gasteiger charge is 2.48. The molecule has 2 fully saturated rings. The normalized spacial score (nSPS) is 34.9. The minimum atomic E-state index is -0.134. The first-order valence-electron chi connectivity index (χ1n) is 6.94. The van der Waals surface area contributed by atoms with Crippen LogP contribution in [-0.2, 0) is 0 Å². The Bertz CT molecular complexity index is 282. The van der Waals surface area contributed by atoms with Gasteiger partial charge in [-0.1, -0.05) is 19.8 Å². The SMILES string of the molecule is CCCCNC(=O)NCC1(N)CC2CCC1C2. The number of nitrogens with two attached hydrogens (primary N) is 1. The van der Waals surface area contributed by atoms with Gasteiger partial charge in [0, 0.05) is 18.6 Å². The van der Waals surface area contributed by atoms with Gasteiger partial charge in [0.25, 0.3) is 0 Å². The third-order valence-corrected chi connectivity index (χ3v) is 4.42. The van der Waals surface area contributed by atoms with Gasteiger partial charge in [-0.25, -0.2) is 4.79 Å². The van der Waals surface area contributed by atoms with Crippen LogP contribution < -0.4 is 16.4 Å². The van der Waals surface area contributed by atoms with Crippen LogP contribution in [0, 0.1) is 11.8 Å². The second-order valence-electron chi connectivity index (χ2n) is 5.78. The van der Waals surface area contributed by atoms with Crippen molar-refractivity contribution in [2.75, 3.05) is 13.1 Å². The minimum Gasteiger partial charge on any atom is -0.338 e. The Morgan fingerprint density at radius 1 is 1.41 bits per heavy atom. The molecule has 0 aliphatic heterocycles. The predicted octanol–water partition coefficient (Wildman–Crippen LogP) is 1.60. The minimum absolute atomic E-state index is 0.0638. The largest absolute Gasteiger partial charge is 0.338 e. The molecule has 2 aliphatic rings. The summed E-state index contributed by atoms with van der Waals surface area (Å²) in [6.45, 7) is 3.50. The van der Waals surface area contributed by atoms with Crippen LogP contribution in [0.2, 0.25) is 0 Å². The number of urea groups is 1. The fourth-order valence-corrected chi connectivity index (χ4v) is 3.39. The second-order valence-corrected chi connectivity index (χ2v) is 5.78. The lowest BCUT2D eigenvalue weighted by atomic mass is 9.82. The van der Waals surface area contributed by atoms with Gasteiger partial charge >= 0.3 is 6.03 Å². The van der Waals surface area contributed by atoms with E-state index in [4.69, 9.17) is 5.73 Å². The Kier molecular flexibility index (Phi) is 3.92. The molecule has 0 heterocycles. The summed E-state index contributed by atoms with van der Waals surface area (Å²) >= 11 is 0. The van der Waals surface area contributed by atoms with Crippen molar-refractivity contribution in [1.29, 1.82) is 0 Å². The summed E-state index contributed by atoms with van der Waals surface area (Å²) in [6.07, 6.45) is 7.09.